The second-order valence-corrected chi connectivity index (χ2v) is 9.89. The molecule has 1 amide bonds. The van der Waals surface area contributed by atoms with Crippen LogP contribution in [0.25, 0.3) is 11.1 Å². The number of carboxylic acid groups (broad SMARTS) is 1. The summed E-state index contributed by atoms with van der Waals surface area (Å²) in [6, 6.07) is 15.6. The largest absolute Gasteiger partial charge is 0.479 e. The Balaban J connectivity index is 1.42. The number of alkyl carbamates (subject to hydrolysis) is 1. The Bertz CT molecular complexity index is 1080. The Hall–Kier alpha value is -3.39. The number of rotatable bonds is 7. The van der Waals surface area contributed by atoms with Gasteiger partial charge in [0.2, 0.25) is 5.54 Å². The molecule has 0 radical (unpaired) electrons. The predicted molar refractivity (Wildman–Crippen MR) is 125 cm³/mol. The fourth-order valence-electron chi connectivity index (χ4n) is 4.48. The second kappa shape index (κ2) is 8.76. The van der Waals surface area contributed by atoms with Crippen LogP contribution in [0.5, 0.6) is 0 Å². The van der Waals surface area contributed by atoms with Crippen molar-refractivity contribution < 1.29 is 29.0 Å². The molecule has 1 fully saturated rings. The number of nitrogens with zero attached hydrogens (tertiary/aromatic N) is 1. The molecule has 8 nitrogen and oxygen atoms in total. The summed E-state index contributed by atoms with van der Waals surface area (Å²) in [5.74, 6) is -2.26. The molecule has 1 saturated heterocycles. The zero-order valence-corrected chi connectivity index (χ0v) is 19.8. The molecule has 0 spiro atoms. The van der Waals surface area contributed by atoms with Gasteiger partial charge in [-0.05, 0) is 49.9 Å². The Morgan fingerprint density at radius 1 is 1.00 bits per heavy atom. The molecule has 180 valence electrons. The third-order valence-corrected chi connectivity index (χ3v) is 6.33. The van der Waals surface area contributed by atoms with Gasteiger partial charge in [-0.3, -0.25) is 4.90 Å². The molecular formula is C26H30N2O6. The number of nitrogens with one attached hydrogen (secondary N) is 1. The van der Waals surface area contributed by atoms with Gasteiger partial charge >= 0.3 is 18.0 Å². The summed E-state index contributed by atoms with van der Waals surface area (Å²) in [5, 5.41) is 12.5. The molecule has 2 N–H and O–H groups in total. The van der Waals surface area contributed by atoms with Gasteiger partial charge in [-0.2, -0.15) is 0 Å². The van der Waals surface area contributed by atoms with Crippen molar-refractivity contribution in [3.63, 3.8) is 0 Å². The maximum Gasteiger partial charge on any atom is 0.407 e. The number of hydrogen-bond acceptors (Lipinski definition) is 6. The molecule has 1 heterocycles. The van der Waals surface area contributed by atoms with Gasteiger partial charge in [0.25, 0.3) is 0 Å². The van der Waals surface area contributed by atoms with Crippen LogP contribution >= 0.6 is 0 Å². The van der Waals surface area contributed by atoms with Crippen molar-refractivity contribution in [2.45, 2.75) is 50.8 Å². The minimum Gasteiger partial charge on any atom is -0.479 e. The molecule has 2 aliphatic rings. The van der Waals surface area contributed by atoms with Gasteiger partial charge in [0.15, 0.2) is 0 Å². The van der Waals surface area contributed by atoms with E-state index in [4.69, 9.17) is 9.47 Å². The molecule has 2 unspecified atom stereocenters. The normalized spacial score (nSPS) is 20.5. The van der Waals surface area contributed by atoms with Gasteiger partial charge < -0.3 is 19.9 Å². The van der Waals surface area contributed by atoms with Crippen molar-refractivity contribution >= 4 is 18.0 Å². The zero-order chi connectivity index (χ0) is 24.7. The summed E-state index contributed by atoms with van der Waals surface area (Å²) in [6.07, 6.45) is -0.586. The Labute approximate surface area is 198 Å². The lowest BCUT2D eigenvalue weighted by atomic mass is 9.97. The van der Waals surface area contributed by atoms with E-state index in [0.717, 1.165) is 22.3 Å². The lowest BCUT2D eigenvalue weighted by Crippen LogP contribution is -2.53. The third-order valence-electron chi connectivity index (χ3n) is 6.33. The molecule has 4 rings (SSSR count). The number of fused-ring (bicyclic) bond motifs is 3. The average Bonchev–Trinajstić information content (AvgIpc) is 3.50. The van der Waals surface area contributed by atoms with E-state index in [1.807, 2.05) is 48.5 Å². The van der Waals surface area contributed by atoms with Gasteiger partial charge in [-0.15, -0.1) is 0 Å². The van der Waals surface area contributed by atoms with Gasteiger partial charge in [0, 0.05) is 25.0 Å². The first-order valence-electron chi connectivity index (χ1n) is 11.3. The minimum atomic E-state index is -1.85. The van der Waals surface area contributed by atoms with Crippen molar-refractivity contribution in [3.8, 4) is 11.1 Å². The average molecular weight is 467 g/mol. The molecule has 1 aliphatic carbocycles. The highest BCUT2D eigenvalue weighted by molar-refractivity contribution is 6.04. The first-order valence-corrected chi connectivity index (χ1v) is 11.3. The van der Waals surface area contributed by atoms with Crippen LogP contribution in [0, 0.1) is 0 Å². The fraction of sp³-hybridized carbons (Fsp3) is 0.423. The minimum absolute atomic E-state index is 0.0460. The first-order chi connectivity index (χ1) is 16.0. The van der Waals surface area contributed by atoms with Crippen LogP contribution < -0.4 is 5.32 Å². The van der Waals surface area contributed by atoms with E-state index in [-0.39, 0.29) is 25.1 Å². The van der Waals surface area contributed by atoms with Gasteiger partial charge in [-0.1, -0.05) is 48.5 Å². The van der Waals surface area contributed by atoms with Crippen LogP contribution in [0.2, 0.25) is 0 Å². The molecule has 3 atom stereocenters. The highest BCUT2D eigenvalue weighted by Gasteiger charge is 2.58. The van der Waals surface area contributed by atoms with Crippen LogP contribution in [-0.2, 0) is 19.1 Å². The van der Waals surface area contributed by atoms with E-state index < -0.39 is 29.2 Å². The summed E-state index contributed by atoms with van der Waals surface area (Å²) in [6.45, 7) is 7.20. The number of carbonyl (C=O) groups excluding carboxylic acids is 2. The summed E-state index contributed by atoms with van der Waals surface area (Å²) < 4.78 is 10.8. The predicted octanol–water partition coefficient (Wildman–Crippen LogP) is 3.39. The van der Waals surface area contributed by atoms with Crippen molar-refractivity contribution in [3.05, 3.63) is 59.7 Å². The Kier molecular flexibility index (Phi) is 6.12. The summed E-state index contributed by atoms with van der Waals surface area (Å²) >= 11 is 0. The molecule has 2 aromatic rings. The van der Waals surface area contributed by atoms with Crippen molar-refractivity contribution in [2.75, 3.05) is 19.7 Å². The van der Waals surface area contributed by atoms with Gasteiger partial charge in [-0.25, -0.2) is 14.4 Å². The number of hydrogen-bond donors (Lipinski definition) is 2. The lowest BCUT2D eigenvalue weighted by Gasteiger charge is -2.26. The molecular weight excluding hydrogens is 436 g/mol. The fourth-order valence-corrected chi connectivity index (χ4v) is 4.48. The standard InChI is InChI=1S/C26H30N2O6/c1-25(2,3)34-24(32)27-13-16-14-28(16)26(4,22(29)30)23(31)33-15-21-19-11-7-5-9-17(19)18-10-6-8-12-20(18)21/h5-12,16,21H,13-15H2,1-4H3,(H,27,32)(H,29,30)/t16?,26-,28?/m0/s1. The molecule has 8 heteroatoms. The molecule has 34 heavy (non-hydrogen) atoms. The maximum atomic E-state index is 13.1. The van der Waals surface area contributed by atoms with Crippen molar-refractivity contribution in [1.82, 2.24) is 10.2 Å². The topological polar surface area (TPSA) is 105 Å². The highest BCUT2D eigenvalue weighted by atomic mass is 16.6. The molecule has 0 bridgehead atoms. The Morgan fingerprint density at radius 3 is 2.09 bits per heavy atom. The number of benzene rings is 2. The van der Waals surface area contributed by atoms with Gasteiger partial charge in [0.1, 0.15) is 12.2 Å². The quantitative estimate of drug-likeness (QED) is 0.366. The van der Waals surface area contributed by atoms with Crippen LogP contribution in [-0.4, -0.2) is 64.9 Å². The smallest absolute Gasteiger partial charge is 0.407 e. The van der Waals surface area contributed by atoms with E-state index in [9.17, 15) is 19.5 Å². The van der Waals surface area contributed by atoms with Crippen LogP contribution in [0.3, 0.4) is 0 Å². The SMILES string of the molecule is CC(C)(C)OC(=O)NCC1CN1[C@@](C)(C(=O)O)C(=O)OCC1c2ccccc2-c2ccccc21. The van der Waals surface area contributed by atoms with E-state index in [1.54, 1.807) is 20.8 Å². The summed E-state index contributed by atoms with van der Waals surface area (Å²) in [4.78, 5) is 38.7. The maximum absolute atomic E-state index is 13.1. The van der Waals surface area contributed by atoms with E-state index in [0.29, 0.717) is 6.54 Å². The number of carboxylic acids is 1. The van der Waals surface area contributed by atoms with Gasteiger partial charge in [0.05, 0.1) is 0 Å². The van der Waals surface area contributed by atoms with Crippen LogP contribution in [0.4, 0.5) is 4.79 Å². The van der Waals surface area contributed by atoms with E-state index in [2.05, 4.69) is 5.32 Å². The molecule has 2 aromatic carbocycles. The van der Waals surface area contributed by atoms with Crippen molar-refractivity contribution in [1.29, 1.82) is 0 Å². The molecule has 0 aromatic heterocycles. The number of aliphatic carboxylic acids is 1. The molecule has 1 aliphatic heterocycles. The van der Waals surface area contributed by atoms with Crippen LogP contribution in [0.15, 0.2) is 48.5 Å². The number of amides is 1. The number of ether oxygens (including phenoxy) is 2. The van der Waals surface area contributed by atoms with E-state index >= 15 is 0 Å². The molecule has 0 saturated carbocycles. The summed E-state index contributed by atoms with van der Waals surface area (Å²) in [7, 11) is 0. The Morgan fingerprint density at radius 2 is 1.56 bits per heavy atom. The van der Waals surface area contributed by atoms with Crippen LogP contribution in [0.1, 0.15) is 44.7 Å². The zero-order valence-electron chi connectivity index (χ0n) is 19.8. The van der Waals surface area contributed by atoms with E-state index in [1.165, 1.54) is 11.8 Å². The first kappa shape index (κ1) is 23.8. The number of esters is 1. The lowest BCUT2D eigenvalue weighted by molar-refractivity contribution is -0.166. The summed E-state index contributed by atoms with van der Waals surface area (Å²) in [5.41, 5.74) is 1.82. The monoisotopic (exact) mass is 466 g/mol. The third kappa shape index (κ3) is 4.50. The number of carbonyl (C=O) groups is 3. The van der Waals surface area contributed by atoms with Crippen molar-refractivity contribution in [2.24, 2.45) is 0 Å². The highest BCUT2D eigenvalue weighted by Crippen LogP contribution is 2.44. The second-order valence-electron chi connectivity index (χ2n) is 9.89.